The molecule has 0 spiro atoms. The van der Waals surface area contributed by atoms with Gasteiger partial charge in [0.2, 0.25) is 0 Å². The highest BCUT2D eigenvalue weighted by atomic mass is 16.5. The zero-order valence-electron chi connectivity index (χ0n) is 13.8. The van der Waals surface area contributed by atoms with E-state index in [0.717, 1.165) is 18.6 Å². The molecule has 3 aromatic rings. The molecule has 1 heteroatoms. The first-order valence-corrected chi connectivity index (χ1v) is 8.37. The van der Waals surface area contributed by atoms with E-state index in [4.69, 9.17) is 4.74 Å². The Bertz CT molecular complexity index is 838. The number of methoxy groups -OCH3 is 1. The fraction of sp³-hybridized carbons (Fsp3) is 0.130. The van der Waals surface area contributed by atoms with E-state index in [0.29, 0.717) is 0 Å². The molecule has 0 unspecified atom stereocenters. The second-order valence-corrected chi connectivity index (χ2v) is 6.15. The monoisotopic (exact) mass is 312 g/mol. The van der Waals surface area contributed by atoms with E-state index in [9.17, 15) is 0 Å². The van der Waals surface area contributed by atoms with Crippen LogP contribution in [0.2, 0.25) is 0 Å². The molecule has 0 saturated heterocycles. The molecule has 0 aliphatic heterocycles. The minimum absolute atomic E-state index is 0.888. The Balaban J connectivity index is 1.90. The molecule has 1 aliphatic carbocycles. The standard InChI is InChI=1S/C23H20O/c1-24-20-14-10-17(11-15-20)16-23-21-8-4-2-6-18(21)12-13-19-7-3-5-9-22(19)23/h2-11,14-16H,12-13H2,1H3. The average Bonchev–Trinajstić information content (AvgIpc) is 2.80. The highest BCUT2D eigenvalue weighted by molar-refractivity contribution is 5.94. The van der Waals surface area contributed by atoms with Crippen LogP contribution in [0.15, 0.2) is 72.8 Å². The Labute approximate surface area is 143 Å². The van der Waals surface area contributed by atoms with Gasteiger partial charge in [-0.05, 0) is 64.4 Å². The summed E-state index contributed by atoms with van der Waals surface area (Å²) in [6, 6.07) is 25.8. The lowest BCUT2D eigenvalue weighted by Crippen LogP contribution is -1.92. The maximum atomic E-state index is 5.27. The van der Waals surface area contributed by atoms with Gasteiger partial charge in [0.05, 0.1) is 7.11 Å². The summed E-state index contributed by atoms with van der Waals surface area (Å²) in [5.74, 6) is 0.888. The van der Waals surface area contributed by atoms with E-state index >= 15 is 0 Å². The minimum Gasteiger partial charge on any atom is -0.497 e. The molecule has 0 amide bonds. The van der Waals surface area contributed by atoms with Crippen molar-refractivity contribution < 1.29 is 4.74 Å². The molecule has 0 heterocycles. The van der Waals surface area contributed by atoms with Crippen LogP contribution in [0.25, 0.3) is 11.6 Å². The quantitative estimate of drug-likeness (QED) is 0.617. The number of benzene rings is 3. The fourth-order valence-electron chi connectivity index (χ4n) is 3.44. The first-order valence-electron chi connectivity index (χ1n) is 8.37. The molecule has 0 radical (unpaired) electrons. The van der Waals surface area contributed by atoms with Gasteiger partial charge in [0.15, 0.2) is 0 Å². The number of rotatable bonds is 2. The molecule has 1 nitrogen and oxygen atoms in total. The number of hydrogen-bond donors (Lipinski definition) is 0. The number of fused-ring (bicyclic) bond motifs is 2. The van der Waals surface area contributed by atoms with Crippen molar-refractivity contribution >= 4 is 11.6 Å². The van der Waals surface area contributed by atoms with Gasteiger partial charge in [0.1, 0.15) is 5.75 Å². The number of aryl methyl sites for hydroxylation is 2. The fourth-order valence-corrected chi connectivity index (χ4v) is 3.44. The second kappa shape index (κ2) is 6.37. The maximum absolute atomic E-state index is 5.27. The number of hydrogen-bond acceptors (Lipinski definition) is 1. The van der Waals surface area contributed by atoms with E-state index in [1.54, 1.807) is 7.11 Å². The third kappa shape index (κ3) is 2.74. The summed E-state index contributed by atoms with van der Waals surface area (Å²) in [5, 5.41) is 0. The van der Waals surface area contributed by atoms with Crippen LogP contribution in [0.3, 0.4) is 0 Å². The summed E-state index contributed by atoms with van der Waals surface area (Å²) < 4.78 is 5.27. The van der Waals surface area contributed by atoms with Crippen LogP contribution in [0, 0.1) is 0 Å². The highest BCUT2D eigenvalue weighted by Gasteiger charge is 2.17. The second-order valence-electron chi connectivity index (χ2n) is 6.15. The lowest BCUT2D eigenvalue weighted by Gasteiger charge is -2.12. The third-order valence-corrected chi connectivity index (χ3v) is 4.71. The van der Waals surface area contributed by atoms with Crippen LogP contribution < -0.4 is 4.74 Å². The molecule has 3 aromatic carbocycles. The lowest BCUT2D eigenvalue weighted by atomic mass is 9.92. The predicted molar refractivity (Wildman–Crippen MR) is 100 cm³/mol. The summed E-state index contributed by atoms with van der Waals surface area (Å²) in [6.45, 7) is 0. The summed E-state index contributed by atoms with van der Waals surface area (Å²) >= 11 is 0. The van der Waals surface area contributed by atoms with Crippen LogP contribution in [-0.4, -0.2) is 7.11 Å². The molecule has 0 fully saturated rings. The van der Waals surface area contributed by atoms with E-state index in [-0.39, 0.29) is 0 Å². The van der Waals surface area contributed by atoms with Crippen molar-refractivity contribution in [3.05, 3.63) is 101 Å². The van der Waals surface area contributed by atoms with Gasteiger partial charge in [-0.3, -0.25) is 0 Å². The zero-order valence-corrected chi connectivity index (χ0v) is 13.8. The largest absolute Gasteiger partial charge is 0.497 e. The van der Waals surface area contributed by atoms with Crippen molar-refractivity contribution in [3.8, 4) is 5.75 Å². The van der Waals surface area contributed by atoms with Crippen molar-refractivity contribution in [1.29, 1.82) is 0 Å². The average molecular weight is 312 g/mol. The summed E-state index contributed by atoms with van der Waals surface area (Å²) in [5.41, 5.74) is 8.04. The Morgan fingerprint density at radius 1 is 0.708 bits per heavy atom. The normalized spacial score (nSPS) is 12.8. The Morgan fingerprint density at radius 3 is 1.79 bits per heavy atom. The van der Waals surface area contributed by atoms with Crippen molar-refractivity contribution in [1.82, 2.24) is 0 Å². The predicted octanol–water partition coefficient (Wildman–Crippen LogP) is 5.38. The smallest absolute Gasteiger partial charge is 0.118 e. The van der Waals surface area contributed by atoms with Gasteiger partial charge in [-0.15, -0.1) is 0 Å². The van der Waals surface area contributed by atoms with Crippen molar-refractivity contribution in [3.63, 3.8) is 0 Å². The van der Waals surface area contributed by atoms with Gasteiger partial charge in [-0.1, -0.05) is 60.7 Å². The first kappa shape index (κ1) is 14.8. The lowest BCUT2D eigenvalue weighted by molar-refractivity contribution is 0.415. The van der Waals surface area contributed by atoms with Gasteiger partial charge >= 0.3 is 0 Å². The molecule has 0 bridgehead atoms. The molecule has 4 rings (SSSR count). The van der Waals surface area contributed by atoms with Crippen LogP contribution in [-0.2, 0) is 12.8 Å². The van der Waals surface area contributed by atoms with Crippen LogP contribution in [0.4, 0.5) is 0 Å². The van der Waals surface area contributed by atoms with Crippen molar-refractivity contribution in [2.45, 2.75) is 12.8 Å². The summed E-state index contributed by atoms with van der Waals surface area (Å²) in [7, 11) is 1.70. The van der Waals surface area contributed by atoms with Gasteiger partial charge in [0.25, 0.3) is 0 Å². The Kier molecular flexibility index (Phi) is 3.92. The molecule has 24 heavy (non-hydrogen) atoms. The highest BCUT2D eigenvalue weighted by Crippen LogP contribution is 2.34. The van der Waals surface area contributed by atoms with Crippen molar-refractivity contribution in [2.75, 3.05) is 7.11 Å². The van der Waals surface area contributed by atoms with Gasteiger partial charge in [-0.2, -0.15) is 0 Å². The summed E-state index contributed by atoms with van der Waals surface area (Å²) in [6.07, 6.45) is 4.47. The molecule has 0 N–H and O–H groups in total. The Hall–Kier alpha value is -2.80. The zero-order chi connectivity index (χ0) is 16.4. The van der Waals surface area contributed by atoms with Gasteiger partial charge in [0, 0.05) is 0 Å². The van der Waals surface area contributed by atoms with Gasteiger partial charge in [-0.25, -0.2) is 0 Å². The first-order chi connectivity index (χ1) is 11.8. The van der Waals surface area contributed by atoms with Gasteiger partial charge < -0.3 is 4.74 Å². The van der Waals surface area contributed by atoms with Crippen LogP contribution in [0.1, 0.15) is 27.8 Å². The SMILES string of the molecule is COc1ccc(C=C2c3ccccc3CCc3ccccc32)cc1. The van der Waals surface area contributed by atoms with E-state index < -0.39 is 0 Å². The van der Waals surface area contributed by atoms with E-state index in [1.165, 1.54) is 33.4 Å². The van der Waals surface area contributed by atoms with E-state index in [2.05, 4.69) is 66.7 Å². The molecule has 0 saturated carbocycles. The molecule has 0 atom stereocenters. The van der Waals surface area contributed by atoms with Crippen LogP contribution in [0.5, 0.6) is 5.75 Å². The Morgan fingerprint density at radius 2 is 1.25 bits per heavy atom. The summed E-state index contributed by atoms with van der Waals surface area (Å²) in [4.78, 5) is 0. The molecular weight excluding hydrogens is 292 g/mol. The third-order valence-electron chi connectivity index (χ3n) is 4.71. The number of ether oxygens (including phenoxy) is 1. The molecule has 1 aliphatic rings. The molecule has 0 aromatic heterocycles. The van der Waals surface area contributed by atoms with Crippen LogP contribution >= 0.6 is 0 Å². The molecular formula is C23H20O. The van der Waals surface area contributed by atoms with Crippen molar-refractivity contribution in [2.24, 2.45) is 0 Å². The van der Waals surface area contributed by atoms with E-state index in [1.807, 2.05) is 12.1 Å². The molecule has 118 valence electrons. The topological polar surface area (TPSA) is 9.23 Å². The maximum Gasteiger partial charge on any atom is 0.118 e. The minimum atomic E-state index is 0.888.